The van der Waals surface area contributed by atoms with Gasteiger partial charge in [-0.1, -0.05) is 12.1 Å². The Bertz CT molecular complexity index is 567. The summed E-state index contributed by atoms with van der Waals surface area (Å²) in [5, 5.41) is 3.37. The Morgan fingerprint density at radius 2 is 1.80 bits per heavy atom. The minimum atomic E-state index is 0.130. The summed E-state index contributed by atoms with van der Waals surface area (Å²) in [6.07, 6.45) is 1.85. The maximum Gasteiger partial charge on any atom is 0.161 e. The molecule has 0 radical (unpaired) electrons. The Balaban J connectivity index is 2.16. The molecule has 0 bridgehead atoms. The van der Waals surface area contributed by atoms with Gasteiger partial charge in [0.25, 0.3) is 0 Å². The van der Waals surface area contributed by atoms with Crippen molar-refractivity contribution in [3.8, 4) is 11.5 Å². The van der Waals surface area contributed by atoms with Crippen molar-refractivity contribution in [1.82, 2.24) is 4.98 Å². The summed E-state index contributed by atoms with van der Waals surface area (Å²) in [6.45, 7) is 4.11. The number of rotatable bonds is 5. The van der Waals surface area contributed by atoms with Crippen molar-refractivity contribution < 1.29 is 9.47 Å². The molecule has 1 N–H and O–H groups in total. The van der Waals surface area contributed by atoms with Crippen molar-refractivity contribution in [3.05, 3.63) is 47.7 Å². The predicted molar refractivity (Wildman–Crippen MR) is 80.6 cm³/mol. The molecule has 4 nitrogen and oxygen atoms in total. The van der Waals surface area contributed by atoms with Crippen molar-refractivity contribution in [2.75, 3.05) is 19.5 Å². The second-order valence-corrected chi connectivity index (χ2v) is 4.70. The minimum Gasteiger partial charge on any atom is -0.493 e. The first kappa shape index (κ1) is 14.2. The Kier molecular flexibility index (Phi) is 4.45. The number of anilines is 1. The standard InChI is InChI=1S/C16H20N2O2/c1-11-5-8-16(17-10-11)18-12(2)13-6-7-14(19-3)15(9-13)20-4/h5-10,12H,1-4H3,(H,17,18)/t12-/m1/s1. The topological polar surface area (TPSA) is 43.4 Å². The van der Waals surface area contributed by atoms with Gasteiger partial charge in [0, 0.05) is 6.20 Å². The fraction of sp³-hybridized carbons (Fsp3) is 0.312. The van der Waals surface area contributed by atoms with Gasteiger partial charge in [-0.3, -0.25) is 0 Å². The number of ether oxygens (including phenoxy) is 2. The van der Waals surface area contributed by atoms with Gasteiger partial charge in [-0.15, -0.1) is 0 Å². The van der Waals surface area contributed by atoms with E-state index in [0.29, 0.717) is 0 Å². The molecular formula is C16H20N2O2. The van der Waals surface area contributed by atoms with E-state index < -0.39 is 0 Å². The van der Waals surface area contributed by atoms with Crippen LogP contribution in [0, 0.1) is 6.92 Å². The van der Waals surface area contributed by atoms with Crippen molar-refractivity contribution in [3.63, 3.8) is 0 Å². The molecule has 20 heavy (non-hydrogen) atoms. The molecule has 0 amide bonds. The molecule has 1 aromatic carbocycles. The SMILES string of the molecule is COc1ccc([C@@H](C)Nc2ccc(C)cn2)cc1OC. The van der Waals surface area contributed by atoms with Gasteiger partial charge < -0.3 is 14.8 Å². The maximum absolute atomic E-state index is 5.32. The van der Waals surface area contributed by atoms with Crippen molar-refractivity contribution in [1.29, 1.82) is 0 Å². The van der Waals surface area contributed by atoms with Gasteiger partial charge in [0.05, 0.1) is 20.3 Å². The fourth-order valence-corrected chi connectivity index (χ4v) is 1.98. The lowest BCUT2D eigenvalue weighted by Gasteiger charge is -2.17. The van der Waals surface area contributed by atoms with E-state index in [1.807, 2.05) is 43.5 Å². The molecule has 0 fully saturated rings. The van der Waals surface area contributed by atoms with E-state index in [0.717, 1.165) is 28.4 Å². The molecule has 0 unspecified atom stereocenters. The molecule has 1 heterocycles. The number of pyridine rings is 1. The van der Waals surface area contributed by atoms with Crippen LogP contribution in [-0.4, -0.2) is 19.2 Å². The minimum absolute atomic E-state index is 0.130. The van der Waals surface area contributed by atoms with E-state index in [1.54, 1.807) is 14.2 Å². The summed E-state index contributed by atoms with van der Waals surface area (Å²) >= 11 is 0. The molecule has 2 aromatic rings. The largest absolute Gasteiger partial charge is 0.493 e. The summed E-state index contributed by atoms with van der Waals surface area (Å²) in [5.41, 5.74) is 2.26. The quantitative estimate of drug-likeness (QED) is 0.903. The highest BCUT2D eigenvalue weighted by molar-refractivity contribution is 5.46. The maximum atomic E-state index is 5.32. The van der Waals surface area contributed by atoms with E-state index in [4.69, 9.17) is 9.47 Å². The first-order valence-corrected chi connectivity index (χ1v) is 6.55. The van der Waals surface area contributed by atoms with Gasteiger partial charge in [-0.2, -0.15) is 0 Å². The number of nitrogens with zero attached hydrogens (tertiary/aromatic N) is 1. The van der Waals surface area contributed by atoms with Gasteiger partial charge in [-0.05, 0) is 43.2 Å². The summed E-state index contributed by atoms with van der Waals surface area (Å²) in [6, 6.07) is 10.1. The van der Waals surface area contributed by atoms with Gasteiger partial charge >= 0.3 is 0 Å². The Labute approximate surface area is 119 Å². The van der Waals surface area contributed by atoms with Gasteiger partial charge in [-0.25, -0.2) is 4.98 Å². The van der Waals surface area contributed by atoms with Crippen LogP contribution >= 0.6 is 0 Å². The molecule has 2 rings (SSSR count). The first-order valence-electron chi connectivity index (χ1n) is 6.55. The number of hydrogen-bond acceptors (Lipinski definition) is 4. The van der Waals surface area contributed by atoms with Crippen LogP contribution in [0.25, 0.3) is 0 Å². The molecule has 1 atom stereocenters. The van der Waals surface area contributed by atoms with Crippen molar-refractivity contribution >= 4 is 5.82 Å². The lowest BCUT2D eigenvalue weighted by atomic mass is 10.1. The normalized spacial score (nSPS) is 11.8. The van der Waals surface area contributed by atoms with Crippen LogP contribution in [0.15, 0.2) is 36.5 Å². The summed E-state index contributed by atoms with van der Waals surface area (Å²) in [5.74, 6) is 2.32. The monoisotopic (exact) mass is 272 g/mol. The smallest absolute Gasteiger partial charge is 0.161 e. The fourth-order valence-electron chi connectivity index (χ4n) is 1.98. The van der Waals surface area contributed by atoms with Gasteiger partial charge in [0.15, 0.2) is 11.5 Å². The van der Waals surface area contributed by atoms with Crippen LogP contribution < -0.4 is 14.8 Å². The molecule has 0 aliphatic carbocycles. The second kappa shape index (κ2) is 6.28. The second-order valence-electron chi connectivity index (χ2n) is 4.70. The number of nitrogens with one attached hydrogen (secondary N) is 1. The molecule has 0 aliphatic rings. The van der Waals surface area contributed by atoms with Gasteiger partial charge in [0.2, 0.25) is 0 Å². The zero-order valence-corrected chi connectivity index (χ0v) is 12.3. The molecule has 0 saturated heterocycles. The van der Waals surface area contributed by atoms with Gasteiger partial charge in [0.1, 0.15) is 5.82 Å². The lowest BCUT2D eigenvalue weighted by molar-refractivity contribution is 0.354. The zero-order valence-electron chi connectivity index (χ0n) is 12.3. The lowest BCUT2D eigenvalue weighted by Crippen LogP contribution is -2.08. The molecule has 0 aliphatic heterocycles. The van der Waals surface area contributed by atoms with E-state index in [9.17, 15) is 0 Å². The number of aryl methyl sites for hydroxylation is 1. The highest BCUT2D eigenvalue weighted by Crippen LogP contribution is 2.30. The number of aromatic nitrogens is 1. The van der Waals surface area contributed by atoms with Crippen LogP contribution in [0.1, 0.15) is 24.1 Å². The van der Waals surface area contributed by atoms with Crippen LogP contribution in [0.3, 0.4) is 0 Å². The Hall–Kier alpha value is -2.23. The Morgan fingerprint density at radius 3 is 2.40 bits per heavy atom. The zero-order chi connectivity index (χ0) is 14.5. The third-order valence-electron chi connectivity index (χ3n) is 3.18. The molecule has 0 saturated carbocycles. The van der Waals surface area contributed by atoms with E-state index in [2.05, 4.69) is 17.2 Å². The summed E-state index contributed by atoms with van der Waals surface area (Å²) in [7, 11) is 3.27. The average Bonchev–Trinajstić information content (AvgIpc) is 2.48. The third-order valence-corrected chi connectivity index (χ3v) is 3.18. The average molecular weight is 272 g/mol. The van der Waals surface area contributed by atoms with Crippen LogP contribution in [0.5, 0.6) is 11.5 Å². The van der Waals surface area contributed by atoms with Crippen LogP contribution in [0.4, 0.5) is 5.82 Å². The molecule has 4 heteroatoms. The van der Waals surface area contributed by atoms with Crippen molar-refractivity contribution in [2.45, 2.75) is 19.9 Å². The molecule has 0 spiro atoms. The van der Waals surface area contributed by atoms with Crippen molar-refractivity contribution in [2.24, 2.45) is 0 Å². The third kappa shape index (κ3) is 3.20. The number of hydrogen-bond donors (Lipinski definition) is 1. The van der Waals surface area contributed by atoms with Crippen LogP contribution in [0.2, 0.25) is 0 Å². The predicted octanol–water partition coefficient (Wildman–Crippen LogP) is 3.58. The summed E-state index contributed by atoms with van der Waals surface area (Å²) < 4.78 is 10.6. The molecule has 1 aromatic heterocycles. The number of methoxy groups -OCH3 is 2. The highest BCUT2D eigenvalue weighted by atomic mass is 16.5. The first-order chi connectivity index (χ1) is 9.63. The highest BCUT2D eigenvalue weighted by Gasteiger charge is 2.10. The van der Waals surface area contributed by atoms with E-state index in [-0.39, 0.29) is 6.04 Å². The van der Waals surface area contributed by atoms with E-state index >= 15 is 0 Å². The summed E-state index contributed by atoms with van der Waals surface area (Å²) in [4.78, 5) is 4.35. The number of benzene rings is 1. The Morgan fingerprint density at radius 1 is 1.05 bits per heavy atom. The molecule has 106 valence electrons. The molecular weight excluding hydrogens is 252 g/mol. The van der Waals surface area contributed by atoms with E-state index in [1.165, 1.54) is 0 Å². The van der Waals surface area contributed by atoms with Crippen LogP contribution in [-0.2, 0) is 0 Å².